The average Bonchev–Trinajstić information content (AvgIpc) is 2.80. The Balaban J connectivity index is 1.83. The van der Waals surface area contributed by atoms with E-state index in [1.54, 1.807) is 12.1 Å². The van der Waals surface area contributed by atoms with Crippen LogP contribution in [0.5, 0.6) is 0 Å². The zero-order valence-corrected chi connectivity index (χ0v) is 19.7. The molecule has 1 unspecified atom stereocenters. The van der Waals surface area contributed by atoms with Crippen molar-refractivity contribution in [3.8, 4) is 0 Å². The van der Waals surface area contributed by atoms with Gasteiger partial charge in [0.2, 0.25) is 15.9 Å². The molecule has 1 aliphatic carbocycles. The lowest BCUT2D eigenvalue weighted by Gasteiger charge is -2.31. The van der Waals surface area contributed by atoms with E-state index in [4.69, 9.17) is 0 Å². The van der Waals surface area contributed by atoms with Crippen LogP contribution in [0.3, 0.4) is 0 Å². The molecule has 1 amide bonds. The third-order valence-electron chi connectivity index (χ3n) is 5.99. The summed E-state index contributed by atoms with van der Waals surface area (Å²) in [5.41, 5.74) is 0.493. The van der Waals surface area contributed by atoms with Crippen molar-refractivity contribution in [2.75, 3.05) is 7.05 Å². The number of hydrogen-bond donors (Lipinski definition) is 1. The normalized spacial score (nSPS) is 17.4. The van der Waals surface area contributed by atoms with Crippen LogP contribution < -0.4 is 5.32 Å². The fourth-order valence-electron chi connectivity index (χ4n) is 4.10. The number of carbonyl (C=O) groups excluding carboxylic acids is 2. The van der Waals surface area contributed by atoms with Gasteiger partial charge in [-0.1, -0.05) is 18.2 Å². The monoisotopic (exact) mass is 536 g/mol. The maximum Gasteiger partial charge on any atom is 0.416 e. The molecule has 0 radical (unpaired) electrons. The molecule has 2 aromatic carbocycles. The molecule has 36 heavy (non-hydrogen) atoms. The number of benzene rings is 2. The number of alkyl halides is 6. The Kier molecular flexibility index (Phi) is 7.84. The SMILES string of the molecule is CN(C(CC(=O)N[C@@H]1CCCc2cc(C=O)ccc21)C(F)(F)F)S(=O)(=O)c1cccc(C(F)(F)F)c1. The predicted molar refractivity (Wildman–Crippen MR) is 117 cm³/mol. The van der Waals surface area contributed by atoms with Crippen LogP contribution >= 0.6 is 0 Å². The first kappa shape index (κ1) is 27.7. The summed E-state index contributed by atoms with van der Waals surface area (Å²) in [6.07, 6.45) is -9.10. The summed E-state index contributed by atoms with van der Waals surface area (Å²) in [7, 11) is -4.47. The Morgan fingerprint density at radius 1 is 1.14 bits per heavy atom. The van der Waals surface area contributed by atoms with Crippen molar-refractivity contribution < 1.29 is 44.3 Å². The van der Waals surface area contributed by atoms with Gasteiger partial charge in [0.15, 0.2) is 0 Å². The quantitative estimate of drug-likeness (QED) is 0.413. The third kappa shape index (κ3) is 6.06. The lowest BCUT2D eigenvalue weighted by molar-refractivity contribution is -0.173. The average molecular weight is 536 g/mol. The van der Waals surface area contributed by atoms with Gasteiger partial charge in [-0.2, -0.15) is 30.6 Å². The van der Waals surface area contributed by atoms with Gasteiger partial charge in [-0.3, -0.25) is 9.59 Å². The van der Waals surface area contributed by atoms with E-state index in [1.807, 2.05) is 0 Å². The van der Waals surface area contributed by atoms with Crippen LogP contribution in [0, 0.1) is 0 Å². The van der Waals surface area contributed by atoms with Gasteiger partial charge in [-0.15, -0.1) is 0 Å². The van der Waals surface area contributed by atoms with Crippen molar-refractivity contribution in [3.63, 3.8) is 0 Å². The molecule has 1 N–H and O–H groups in total. The minimum absolute atomic E-state index is 0.132. The topological polar surface area (TPSA) is 83.6 Å². The fraction of sp³-hybridized carbons (Fsp3) is 0.391. The number of carbonyl (C=O) groups is 2. The molecule has 0 spiro atoms. The predicted octanol–water partition coefficient (Wildman–Crippen LogP) is 4.65. The van der Waals surface area contributed by atoms with Crippen molar-refractivity contribution in [1.82, 2.24) is 9.62 Å². The van der Waals surface area contributed by atoms with Crippen LogP contribution in [-0.4, -0.2) is 44.2 Å². The summed E-state index contributed by atoms with van der Waals surface area (Å²) >= 11 is 0. The zero-order chi connectivity index (χ0) is 26.9. The van der Waals surface area contributed by atoms with E-state index in [0.717, 1.165) is 17.7 Å². The number of rotatable bonds is 7. The molecule has 2 aromatic rings. The Bertz CT molecular complexity index is 1240. The minimum atomic E-state index is -5.19. The number of nitrogens with one attached hydrogen (secondary N) is 1. The summed E-state index contributed by atoms with van der Waals surface area (Å²) in [6, 6.07) is 3.66. The highest BCUT2D eigenvalue weighted by Gasteiger charge is 2.48. The van der Waals surface area contributed by atoms with Crippen LogP contribution in [0.25, 0.3) is 0 Å². The largest absolute Gasteiger partial charge is 0.416 e. The Labute approximate surface area is 203 Å². The van der Waals surface area contributed by atoms with E-state index >= 15 is 0 Å². The van der Waals surface area contributed by atoms with Crippen LogP contribution in [0.1, 0.15) is 52.4 Å². The number of nitrogens with zero attached hydrogens (tertiary/aromatic N) is 1. The summed E-state index contributed by atoms with van der Waals surface area (Å²) in [6.45, 7) is 0. The first-order valence-corrected chi connectivity index (χ1v) is 12.2. The second kappa shape index (κ2) is 10.2. The first-order chi connectivity index (χ1) is 16.6. The minimum Gasteiger partial charge on any atom is -0.349 e. The van der Waals surface area contributed by atoms with Crippen LogP contribution in [0.15, 0.2) is 47.4 Å². The standard InChI is InChI=1S/C23H22F6N2O4S/c1-31(36(34,35)17-6-3-5-16(11-17)22(24,25)26)20(23(27,28)29)12-21(33)30-19-7-2-4-15-10-14(13-32)8-9-18(15)19/h3,5-6,8-11,13,19-20H,2,4,7,12H2,1H3,(H,30,33)/t19-,20?/m1/s1. The highest BCUT2D eigenvalue weighted by Crippen LogP contribution is 2.35. The molecule has 3 rings (SSSR count). The number of fused-ring (bicyclic) bond motifs is 1. The number of aryl methyl sites for hydroxylation is 1. The number of hydrogen-bond acceptors (Lipinski definition) is 4. The van der Waals surface area contributed by atoms with Gasteiger partial charge < -0.3 is 5.32 Å². The van der Waals surface area contributed by atoms with Crippen molar-refractivity contribution in [3.05, 3.63) is 64.7 Å². The molecule has 0 aromatic heterocycles. The summed E-state index contributed by atoms with van der Waals surface area (Å²) in [5.74, 6) is -1.08. The Morgan fingerprint density at radius 2 is 1.83 bits per heavy atom. The van der Waals surface area contributed by atoms with Gasteiger partial charge in [0, 0.05) is 12.6 Å². The summed E-state index contributed by atoms with van der Waals surface area (Å²) in [4.78, 5) is 22.6. The molecule has 0 saturated carbocycles. The summed E-state index contributed by atoms with van der Waals surface area (Å²) in [5, 5.41) is 2.49. The second-order valence-electron chi connectivity index (χ2n) is 8.40. The highest BCUT2D eigenvalue weighted by atomic mass is 32.2. The number of aldehydes is 1. The van der Waals surface area contributed by atoms with Gasteiger partial charge in [-0.05, 0) is 54.7 Å². The molecule has 1 aliphatic rings. The Morgan fingerprint density at radius 3 is 2.44 bits per heavy atom. The zero-order valence-electron chi connectivity index (χ0n) is 18.9. The molecule has 13 heteroatoms. The second-order valence-corrected chi connectivity index (χ2v) is 10.4. The number of sulfonamides is 1. The van der Waals surface area contributed by atoms with Crippen molar-refractivity contribution in [2.45, 2.75) is 55.0 Å². The van der Waals surface area contributed by atoms with E-state index in [-0.39, 0.29) is 10.4 Å². The van der Waals surface area contributed by atoms with Gasteiger partial charge in [0.25, 0.3) is 0 Å². The molecular formula is C23H22F6N2O4S. The third-order valence-corrected chi connectivity index (χ3v) is 7.85. The van der Waals surface area contributed by atoms with Gasteiger partial charge in [-0.25, -0.2) is 8.42 Å². The van der Waals surface area contributed by atoms with Gasteiger partial charge in [0.05, 0.1) is 22.9 Å². The Hall–Kier alpha value is -2.93. The molecule has 0 bridgehead atoms. The maximum atomic E-state index is 13.8. The lowest BCUT2D eigenvalue weighted by Crippen LogP contribution is -2.49. The molecule has 2 atom stereocenters. The van der Waals surface area contributed by atoms with E-state index in [1.165, 1.54) is 6.07 Å². The van der Waals surface area contributed by atoms with Gasteiger partial charge >= 0.3 is 12.4 Å². The molecule has 0 aliphatic heterocycles. The molecule has 196 valence electrons. The fourth-order valence-corrected chi connectivity index (χ4v) is 5.49. The molecule has 0 fully saturated rings. The number of halogens is 6. The lowest BCUT2D eigenvalue weighted by atomic mass is 9.86. The first-order valence-electron chi connectivity index (χ1n) is 10.7. The highest BCUT2D eigenvalue weighted by molar-refractivity contribution is 7.89. The van der Waals surface area contributed by atoms with Crippen molar-refractivity contribution in [1.29, 1.82) is 0 Å². The molecule has 0 heterocycles. The van der Waals surface area contributed by atoms with E-state index < -0.39 is 57.2 Å². The van der Waals surface area contributed by atoms with Crippen LogP contribution in [-0.2, 0) is 27.4 Å². The maximum absolute atomic E-state index is 13.8. The number of amides is 1. The van der Waals surface area contributed by atoms with E-state index in [2.05, 4.69) is 5.32 Å². The smallest absolute Gasteiger partial charge is 0.349 e. The van der Waals surface area contributed by atoms with Gasteiger partial charge in [0.1, 0.15) is 12.3 Å². The molecule has 6 nitrogen and oxygen atoms in total. The van der Waals surface area contributed by atoms with Crippen LogP contribution in [0.4, 0.5) is 26.3 Å². The van der Waals surface area contributed by atoms with E-state index in [0.29, 0.717) is 49.8 Å². The van der Waals surface area contributed by atoms with Crippen molar-refractivity contribution >= 4 is 22.2 Å². The summed E-state index contributed by atoms with van der Waals surface area (Å²) < 4.78 is 106. The van der Waals surface area contributed by atoms with Crippen LogP contribution in [0.2, 0.25) is 0 Å². The van der Waals surface area contributed by atoms with E-state index in [9.17, 15) is 44.3 Å². The molecule has 0 saturated heterocycles. The van der Waals surface area contributed by atoms with Crippen molar-refractivity contribution in [2.24, 2.45) is 0 Å². The molecular weight excluding hydrogens is 514 g/mol.